The summed E-state index contributed by atoms with van der Waals surface area (Å²) in [6, 6.07) is 5.17. The van der Waals surface area contributed by atoms with Crippen LogP contribution in [0.1, 0.15) is 44.5 Å². The van der Waals surface area contributed by atoms with Crippen LogP contribution in [0, 0.1) is 0 Å². The van der Waals surface area contributed by atoms with Gasteiger partial charge in [0.15, 0.2) is 5.78 Å². The molecule has 0 unspecified atom stereocenters. The molecule has 0 radical (unpaired) electrons. The molecule has 23 heavy (non-hydrogen) atoms. The topological polar surface area (TPSA) is 87.7 Å². The largest absolute Gasteiger partial charge is 0.490 e. The summed E-state index contributed by atoms with van der Waals surface area (Å²) in [6.45, 7) is 7.67. The molecule has 1 amide bonds. The van der Waals surface area contributed by atoms with Crippen LogP contribution in [0.2, 0.25) is 0 Å². The number of ketones is 1. The number of Topliss-reactive ketones (excluding diaryl/α,β-unsaturated/α-hetero) is 1. The summed E-state index contributed by atoms with van der Waals surface area (Å²) in [5.41, 5.74) is 0.930. The zero-order valence-electron chi connectivity index (χ0n) is 14.2. The molecular formula is C17H26N2O4. The maximum atomic E-state index is 11.8. The number of anilines is 1. The van der Waals surface area contributed by atoms with Gasteiger partial charge >= 0.3 is 0 Å². The number of aliphatic hydroxyl groups excluding tert-OH is 1. The maximum absolute atomic E-state index is 11.8. The van der Waals surface area contributed by atoms with Gasteiger partial charge in [0, 0.05) is 24.7 Å². The number of aliphatic hydroxyl groups is 1. The van der Waals surface area contributed by atoms with Gasteiger partial charge in [0.2, 0.25) is 5.91 Å². The lowest BCUT2D eigenvalue weighted by Gasteiger charge is -2.16. The van der Waals surface area contributed by atoms with E-state index in [2.05, 4.69) is 10.6 Å². The van der Waals surface area contributed by atoms with E-state index in [0.717, 1.165) is 0 Å². The van der Waals surface area contributed by atoms with Crippen LogP contribution in [0.25, 0.3) is 0 Å². The summed E-state index contributed by atoms with van der Waals surface area (Å²) in [5, 5.41) is 15.7. The molecule has 6 nitrogen and oxygen atoms in total. The number of hydrogen-bond acceptors (Lipinski definition) is 5. The molecule has 0 bridgehead atoms. The Morgan fingerprint density at radius 1 is 1.30 bits per heavy atom. The monoisotopic (exact) mass is 322 g/mol. The van der Waals surface area contributed by atoms with Crippen molar-refractivity contribution in [3.63, 3.8) is 0 Å². The Bertz CT molecular complexity index is 543. The lowest BCUT2D eigenvalue weighted by atomic mass is 10.1. The predicted molar refractivity (Wildman–Crippen MR) is 90.0 cm³/mol. The first-order valence-electron chi connectivity index (χ1n) is 7.82. The number of carbonyl (C=O) groups is 2. The highest BCUT2D eigenvalue weighted by Crippen LogP contribution is 2.24. The third-order valence-corrected chi connectivity index (χ3v) is 3.16. The van der Waals surface area contributed by atoms with Crippen LogP contribution in [0.5, 0.6) is 5.75 Å². The number of rotatable bonds is 9. The molecule has 0 saturated carbocycles. The fourth-order valence-corrected chi connectivity index (χ4v) is 1.87. The Kier molecular flexibility index (Phi) is 7.71. The number of nitrogens with one attached hydrogen (secondary N) is 2. The molecule has 3 N–H and O–H groups in total. The third-order valence-electron chi connectivity index (χ3n) is 3.16. The highest BCUT2D eigenvalue weighted by molar-refractivity contribution is 5.99. The average Bonchev–Trinajstić information content (AvgIpc) is 2.51. The van der Waals surface area contributed by atoms with E-state index in [1.165, 1.54) is 6.92 Å². The average molecular weight is 322 g/mol. The summed E-state index contributed by atoms with van der Waals surface area (Å²) in [6.07, 6.45) is -0.306. The third kappa shape index (κ3) is 6.80. The van der Waals surface area contributed by atoms with Gasteiger partial charge in [0.05, 0.1) is 5.56 Å². The second kappa shape index (κ2) is 9.27. The molecule has 0 aliphatic heterocycles. The molecule has 0 aromatic heterocycles. The Morgan fingerprint density at radius 3 is 2.57 bits per heavy atom. The smallest absolute Gasteiger partial charge is 0.224 e. The molecule has 0 saturated heterocycles. The summed E-state index contributed by atoms with van der Waals surface area (Å²) in [5.74, 6) is 0.112. The fourth-order valence-electron chi connectivity index (χ4n) is 1.87. The quantitative estimate of drug-likeness (QED) is 0.605. The van der Waals surface area contributed by atoms with Crippen LogP contribution in [-0.4, -0.2) is 42.1 Å². The summed E-state index contributed by atoms with van der Waals surface area (Å²) in [4.78, 5) is 23.2. The molecule has 1 aromatic rings. The maximum Gasteiger partial charge on any atom is 0.224 e. The van der Waals surface area contributed by atoms with Crippen LogP contribution < -0.4 is 15.4 Å². The predicted octanol–water partition coefficient (Wildman–Crippen LogP) is 1.98. The molecule has 0 spiro atoms. The Balaban J connectivity index is 2.74. The number of carbonyl (C=O) groups excluding carboxylic acids is 2. The van der Waals surface area contributed by atoms with Gasteiger partial charge in [-0.3, -0.25) is 9.59 Å². The molecule has 0 heterocycles. The molecule has 0 aliphatic carbocycles. The van der Waals surface area contributed by atoms with E-state index in [1.807, 2.05) is 13.8 Å². The highest BCUT2D eigenvalue weighted by Gasteiger charge is 2.13. The summed E-state index contributed by atoms with van der Waals surface area (Å²) in [7, 11) is 0. The first kappa shape index (κ1) is 19.1. The van der Waals surface area contributed by atoms with E-state index >= 15 is 0 Å². The minimum atomic E-state index is -0.670. The molecule has 1 atom stereocenters. The second-order valence-corrected chi connectivity index (χ2v) is 5.70. The van der Waals surface area contributed by atoms with Crippen LogP contribution in [-0.2, 0) is 4.79 Å². The van der Waals surface area contributed by atoms with Gasteiger partial charge in [-0.25, -0.2) is 0 Å². The minimum Gasteiger partial charge on any atom is -0.490 e. The zero-order valence-corrected chi connectivity index (χ0v) is 14.2. The van der Waals surface area contributed by atoms with Gasteiger partial charge in [0.1, 0.15) is 18.5 Å². The van der Waals surface area contributed by atoms with Crippen molar-refractivity contribution in [2.45, 2.75) is 46.3 Å². The molecule has 128 valence electrons. The van der Waals surface area contributed by atoms with Crippen molar-refractivity contribution < 1.29 is 19.4 Å². The van der Waals surface area contributed by atoms with Crippen LogP contribution >= 0.6 is 0 Å². The van der Waals surface area contributed by atoms with E-state index in [0.29, 0.717) is 30.0 Å². The Hall–Kier alpha value is -1.92. The van der Waals surface area contributed by atoms with Gasteiger partial charge in [-0.2, -0.15) is 0 Å². The van der Waals surface area contributed by atoms with Crippen molar-refractivity contribution in [3.8, 4) is 5.75 Å². The van der Waals surface area contributed by atoms with Crippen molar-refractivity contribution in [1.82, 2.24) is 5.32 Å². The van der Waals surface area contributed by atoms with Gasteiger partial charge < -0.3 is 20.5 Å². The summed E-state index contributed by atoms with van der Waals surface area (Å²) < 4.78 is 5.56. The van der Waals surface area contributed by atoms with E-state index in [1.54, 1.807) is 25.1 Å². The van der Waals surface area contributed by atoms with Crippen molar-refractivity contribution in [2.75, 3.05) is 18.5 Å². The van der Waals surface area contributed by atoms with Gasteiger partial charge in [-0.15, -0.1) is 0 Å². The van der Waals surface area contributed by atoms with Crippen LogP contribution in [0.3, 0.4) is 0 Å². The molecule has 1 rings (SSSR count). The Morgan fingerprint density at radius 2 is 2.00 bits per heavy atom. The first-order valence-corrected chi connectivity index (χ1v) is 7.82. The van der Waals surface area contributed by atoms with Gasteiger partial charge in [-0.1, -0.05) is 20.8 Å². The van der Waals surface area contributed by atoms with Crippen LogP contribution in [0.15, 0.2) is 18.2 Å². The molecule has 0 aliphatic rings. The minimum absolute atomic E-state index is 0.0840. The standard InChI is InChI=1S/C17H26N2O4/c1-5-17(22)19-13-6-7-16(15(8-13)12(4)20)23-10-14(21)9-18-11(2)3/h6-8,11,14,18,21H,5,9-10H2,1-4H3,(H,19,22)/t14-/m1/s1. The summed E-state index contributed by atoms with van der Waals surface area (Å²) >= 11 is 0. The Labute approximate surface area is 137 Å². The van der Waals surface area contributed by atoms with Crippen LogP contribution in [0.4, 0.5) is 5.69 Å². The molecule has 1 aromatic carbocycles. The van der Waals surface area contributed by atoms with Crippen molar-refractivity contribution in [2.24, 2.45) is 0 Å². The first-order chi connectivity index (χ1) is 10.8. The SMILES string of the molecule is CCC(=O)Nc1ccc(OC[C@H](O)CNC(C)C)c(C(C)=O)c1. The number of hydrogen-bond donors (Lipinski definition) is 3. The normalized spacial score (nSPS) is 12.1. The van der Waals surface area contributed by atoms with Crippen molar-refractivity contribution in [1.29, 1.82) is 0 Å². The van der Waals surface area contributed by atoms with Crippen molar-refractivity contribution >= 4 is 17.4 Å². The fraction of sp³-hybridized carbons (Fsp3) is 0.529. The number of ether oxygens (including phenoxy) is 1. The van der Waals surface area contributed by atoms with E-state index in [-0.39, 0.29) is 24.3 Å². The van der Waals surface area contributed by atoms with Crippen molar-refractivity contribution in [3.05, 3.63) is 23.8 Å². The molecule has 6 heteroatoms. The lowest BCUT2D eigenvalue weighted by molar-refractivity contribution is -0.115. The number of amides is 1. The zero-order chi connectivity index (χ0) is 17.4. The molecular weight excluding hydrogens is 296 g/mol. The second-order valence-electron chi connectivity index (χ2n) is 5.70. The van der Waals surface area contributed by atoms with E-state index < -0.39 is 6.10 Å². The lowest BCUT2D eigenvalue weighted by Crippen LogP contribution is -2.35. The van der Waals surface area contributed by atoms with E-state index in [9.17, 15) is 14.7 Å². The highest BCUT2D eigenvalue weighted by atomic mass is 16.5. The van der Waals surface area contributed by atoms with E-state index in [4.69, 9.17) is 4.74 Å². The van der Waals surface area contributed by atoms with Gasteiger partial charge in [-0.05, 0) is 25.1 Å². The number of benzene rings is 1. The molecule has 0 fully saturated rings. The van der Waals surface area contributed by atoms with Gasteiger partial charge in [0.25, 0.3) is 0 Å².